The highest BCUT2D eigenvalue weighted by Gasteiger charge is 2.30. The van der Waals surface area contributed by atoms with Gasteiger partial charge in [-0.3, -0.25) is 0 Å². The Bertz CT molecular complexity index is 411. The van der Waals surface area contributed by atoms with Gasteiger partial charge >= 0.3 is 0 Å². The minimum atomic E-state index is 0.720. The summed E-state index contributed by atoms with van der Waals surface area (Å²) >= 11 is 8.16. The first-order valence-corrected chi connectivity index (χ1v) is 8.91. The zero-order chi connectivity index (χ0) is 13.1. The first kappa shape index (κ1) is 13.8. The van der Waals surface area contributed by atoms with Gasteiger partial charge in [0.2, 0.25) is 0 Å². The molecule has 104 valence electrons. The van der Waals surface area contributed by atoms with Crippen LogP contribution in [-0.4, -0.2) is 24.1 Å². The normalized spacial score (nSPS) is 28.1. The van der Waals surface area contributed by atoms with Gasteiger partial charge in [-0.15, -0.1) is 0 Å². The van der Waals surface area contributed by atoms with Crippen LogP contribution in [0.5, 0.6) is 0 Å². The molecule has 1 aliphatic carbocycles. The molecule has 1 aliphatic heterocycles. The standard InChI is InChI=1S/C16H22ClNS/c17-15-3-1-2-13(8-15)14-9-16(10-14)18-11-12-4-6-19-7-5-12/h1-3,8,12,14,16,18H,4-7,9-11H2. The van der Waals surface area contributed by atoms with Crippen molar-refractivity contribution in [2.45, 2.75) is 37.6 Å². The highest BCUT2D eigenvalue weighted by molar-refractivity contribution is 7.99. The summed E-state index contributed by atoms with van der Waals surface area (Å²) in [5, 5.41) is 4.63. The summed E-state index contributed by atoms with van der Waals surface area (Å²) in [6, 6.07) is 9.10. The predicted octanol–water partition coefficient (Wildman–Crippen LogP) is 4.32. The Labute approximate surface area is 125 Å². The summed E-state index contributed by atoms with van der Waals surface area (Å²) < 4.78 is 0. The Morgan fingerprint density at radius 1 is 1.21 bits per heavy atom. The Kier molecular flexibility index (Phi) is 4.73. The van der Waals surface area contributed by atoms with Gasteiger partial charge < -0.3 is 5.32 Å². The third kappa shape index (κ3) is 3.68. The van der Waals surface area contributed by atoms with Crippen molar-refractivity contribution in [2.75, 3.05) is 18.1 Å². The van der Waals surface area contributed by atoms with E-state index in [4.69, 9.17) is 11.6 Å². The highest BCUT2D eigenvalue weighted by Crippen LogP contribution is 2.37. The van der Waals surface area contributed by atoms with E-state index < -0.39 is 0 Å². The van der Waals surface area contributed by atoms with Gasteiger partial charge in [-0.05, 0) is 73.3 Å². The molecule has 1 aromatic carbocycles. The van der Waals surface area contributed by atoms with E-state index in [0.29, 0.717) is 0 Å². The number of benzene rings is 1. The van der Waals surface area contributed by atoms with Crippen LogP contribution in [-0.2, 0) is 0 Å². The molecule has 1 saturated carbocycles. The van der Waals surface area contributed by atoms with Gasteiger partial charge in [0.15, 0.2) is 0 Å². The molecule has 0 atom stereocenters. The fourth-order valence-corrected chi connectivity index (χ4v) is 4.50. The van der Waals surface area contributed by atoms with E-state index >= 15 is 0 Å². The zero-order valence-electron chi connectivity index (χ0n) is 11.3. The lowest BCUT2D eigenvalue weighted by atomic mass is 9.75. The molecule has 3 heteroatoms. The predicted molar refractivity (Wildman–Crippen MR) is 85.3 cm³/mol. The molecule has 0 bridgehead atoms. The Hall–Kier alpha value is -0.180. The lowest BCUT2D eigenvalue weighted by Gasteiger charge is -2.37. The molecule has 3 rings (SSSR count). The lowest BCUT2D eigenvalue weighted by molar-refractivity contribution is 0.272. The van der Waals surface area contributed by atoms with E-state index in [-0.39, 0.29) is 0 Å². The second-order valence-electron chi connectivity index (χ2n) is 5.88. The fraction of sp³-hybridized carbons (Fsp3) is 0.625. The van der Waals surface area contributed by atoms with E-state index in [9.17, 15) is 0 Å². The van der Waals surface area contributed by atoms with Crippen LogP contribution < -0.4 is 5.32 Å². The third-order valence-corrected chi connectivity index (χ3v) is 5.78. The summed E-state index contributed by atoms with van der Waals surface area (Å²) in [4.78, 5) is 0. The van der Waals surface area contributed by atoms with E-state index in [2.05, 4.69) is 35.3 Å². The van der Waals surface area contributed by atoms with Gasteiger partial charge in [0.05, 0.1) is 0 Å². The van der Waals surface area contributed by atoms with E-state index in [1.165, 1.54) is 49.3 Å². The molecule has 0 unspecified atom stereocenters. The van der Waals surface area contributed by atoms with Crippen molar-refractivity contribution in [2.24, 2.45) is 5.92 Å². The zero-order valence-corrected chi connectivity index (χ0v) is 12.8. The molecule has 1 saturated heterocycles. The maximum Gasteiger partial charge on any atom is 0.0408 e. The minimum absolute atomic E-state index is 0.720. The Morgan fingerprint density at radius 3 is 2.74 bits per heavy atom. The maximum atomic E-state index is 6.05. The molecule has 1 N–H and O–H groups in total. The van der Waals surface area contributed by atoms with Gasteiger partial charge in [-0.25, -0.2) is 0 Å². The van der Waals surface area contributed by atoms with E-state index in [0.717, 1.165) is 22.9 Å². The van der Waals surface area contributed by atoms with Crippen LogP contribution >= 0.6 is 23.4 Å². The molecule has 0 amide bonds. The summed E-state index contributed by atoms with van der Waals surface area (Å²) in [7, 11) is 0. The van der Waals surface area contributed by atoms with Crippen molar-refractivity contribution < 1.29 is 0 Å². The minimum Gasteiger partial charge on any atom is -0.314 e. The van der Waals surface area contributed by atoms with Gasteiger partial charge in [0.25, 0.3) is 0 Å². The highest BCUT2D eigenvalue weighted by atomic mass is 35.5. The van der Waals surface area contributed by atoms with Crippen LogP contribution in [0.3, 0.4) is 0 Å². The molecular formula is C16H22ClNS. The summed E-state index contributed by atoms with van der Waals surface area (Å²) in [5.74, 6) is 4.37. The topological polar surface area (TPSA) is 12.0 Å². The van der Waals surface area contributed by atoms with Crippen LogP contribution in [0.25, 0.3) is 0 Å². The lowest BCUT2D eigenvalue weighted by Crippen LogP contribution is -2.42. The average molecular weight is 296 g/mol. The van der Waals surface area contributed by atoms with Crippen molar-refractivity contribution in [3.63, 3.8) is 0 Å². The third-order valence-electron chi connectivity index (χ3n) is 4.49. The van der Waals surface area contributed by atoms with Crippen LogP contribution in [0.4, 0.5) is 0 Å². The average Bonchev–Trinajstić information content (AvgIpc) is 2.38. The molecule has 2 fully saturated rings. The van der Waals surface area contributed by atoms with Crippen molar-refractivity contribution in [3.05, 3.63) is 34.9 Å². The molecule has 1 nitrogen and oxygen atoms in total. The Morgan fingerprint density at radius 2 is 2.00 bits per heavy atom. The molecule has 2 aliphatic rings. The maximum absolute atomic E-state index is 6.05. The Balaban J connectivity index is 1.40. The second-order valence-corrected chi connectivity index (χ2v) is 7.55. The van der Waals surface area contributed by atoms with Gasteiger partial charge in [-0.2, -0.15) is 11.8 Å². The number of hydrogen-bond donors (Lipinski definition) is 1. The molecule has 0 spiro atoms. The fourth-order valence-electron chi connectivity index (χ4n) is 3.10. The second kappa shape index (κ2) is 6.51. The number of hydrogen-bond acceptors (Lipinski definition) is 2. The first-order chi connectivity index (χ1) is 9.31. The van der Waals surface area contributed by atoms with Gasteiger partial charge in [-0.1, -0.05) is 23.7 Å². The van der Waals surface area contributed by atoms with Gasteiger partial charge in [0, 0.05) is 11.1 Å². The summed E-state index contributed by atoms with van der Waals surface area (Å²) in [6.45, 7) is 1.23. The summed E-state index contributed by atoms with van der Waals surface area (Å²) in [5.41, 5.74) is 1.42. The smallest absolute Gasteiger partial charge is 0.0408 e. The van der Waals surface area contributed by atoms with Crippen LogP contribution in [0.1, 0.15) is 37.2 Å². The molecule has 19 heavy (non-hydrogen) atoms. The SMILES string of the molecule is Clc1cccc(C2CC(NCC3CCSCC3)C2)c1. The summed E-state index contributed by atoms with van der Waals surface area (Å²) in [6.07, 6.45) is 5.37. The van der Waals surface area contributed by atoms with E-state index in [1.807, 2.05) is 6.07 Å². The van der Waals surface area contributed by atoms with Crippen molar-refractivity contribution in [1.82, 2.24) is 5.32 Å². The van der Waals surface area contributed by atoms with E-state index in [1.54, 1.807) is 0 Å². The van der Waals surface area contributed by atoms with Crippen molar-refractivity contribution in [1.29, 1.82) is 0 Å². The van der Waals surface area contributed by atoms with Crippen LogP contribution in [0, 0.1) is 5.92 Å². The number of thioether (sulfide) groups is 1. The van der Waals surface area contributed by atoms with Crippen LogP contribution in [0.15, 0.2) is 24.3 Å². The quantitative estimate of drug-likeness (QED) is 0.888. The molecular weight excluding hydrogens is 274 g/mol. The largest absolute Gasteiger partial charge is 0.314 e. The number of halogens is 1. The molecule has 1 heterocycles. The molecule has 0 radical (unpaired) electrons. The number of rotatable bonds is 4. The van der Waals surface area contributed by atoms with Crippen molar-refractivity contribution in [3.8, 4) is 0 Å². The monoisotopic (exact) mass is 295 g/mol. The molecule has 1 aromatic rings. The van der Waals surface area contributed by atoms with Crippen LogP contribution in [0.2, 0.25) is 5.02 Å². The number of nitrogens with one attached hydrogen (secondary N) is 1. The first-order valence-electron chi connectivity index (χ1n) is 7.38. The van der Waals surface area contributed by atoms with Gasteiger partial charge in [0.1, 0.15) is 0 Å². The van der Waals surface area contributed by atoms with Crippen molar-refractivity contribution >= 4 is 23.4 Å². The molecule has 0 aromatic heterocycles.